The molecule has 2 nitrogen and oxygen atoms in total. The van der Waals surface area contributed by atoms with Gasteiger partial charge in [-0.2, -0.15) is 0 Å². The minimum absolute atomic E-state index is 0.533. The molecule has 0 N–H and O–H groups in total. The second-order valence-corrected chi connectivity index (χ2v) is 4.17. The van der Waals surface area contributed by atoms with E-state index >= 15 is 0 Å². The van der Waals surface area contributed by atoms with Crippen LogP contribution in [-0.4, -0.2) is 6.21 Å². The molecule has 0 aliphatic heterocycles. The van der Waals surface area contributed by atoms with Crippen LogP contribution < -0.4 is 0 Å². The molecule has 1 aromatic rings. The quantitative estimate of drug-likeness (QED) is 0.543. The topological polar surface area (TPSA) is 21.6 Å². The van der Waals surface area contributed by atoms with Gasteiger partial charge >= 0.3 is 0 Å². The fraction of sp³-hybridized carbons (Fsp3) is 0.357. The maximum atomic E-state index is 5.26. The first kappa shape index (κ1) is 10.9. The van der Waals surface area contributed by atoms with Crippen molar-refractivity contribution in [2.24, 2.45) is 11.1 Å². The summed E-state index contributed by atoms with van der Waals surface area (Å²) in [5.74, 6) is 0.652. The average Bonchev–Trinajstić information content (AvgIpc) is 2.27. The summed E-state index contributed by atoms with van der Waals surface area (Å²) in [7, 11) is 0. The third-order valence-corrected chi connectivity index (χ3v) is 2.91. The summed E-state index contributed by atoms with van der Waals surface area (Å²) < 4.78 is 0. The molecule has 2 rings (SSSR count). The number of benzene rings is 1. The fourth-order valence-corrected chi connectivity index (χ4v) is 1.64. The van der Waals surface area contributed by atoms with Crippen LogP contribution >= 0.6 is 0 Å². The van der Waals surface area contributed by atoms with Crippen LogP contribution in [0, 0.1) is 5.92 Å². The molecular formula is C14H17NO. The van der Waals surface area contributed by atoms with E-state index in [1.165, 1.54) is 19.3 Å². The Hall–Kier alpha value is -1.57. The van der Waals surface area contributed by atoms with Crippen molar-refractivity contribution >= 4 is 12.3 Å². The van der Waals surface area contributed by atoms with E-state index in [1.54, 1.807) is 0 Å². The zero-order chi connectivity index (χ0) is 11.2. The van der Waals surface area contributed by atoms with Gasteiger partial charge in [-0.3, -0.25) is 0 Å². The van der Waals surface area contributed by atoms with Crippen LogP contribution in [0.2, 0.25) is 0 Å². The highest BCUT2D eigenvalue weighted by Gasteiger charge is 2.14. The largest absolute Gasteiger partial charge is 0.391 e. The lowest BCUT2D eigenvalue weighted by Gasteiger charge is -2.19. The van der Waals surface area contributed by atoms with Gasteiger partial charge in [0.2, 0.25) is 0 Å². The molecule has 0 aromatic heterocycles. The van der Waals surface area contributed by atoms with E-state index in [-0.39, 0.29) is 0 Å². The van der Waals surface area contributed by atoms with Gasteiger partial charge in [-0.05, 0) is 36.0 Å². The van der Waals surface area contributed by atoms with Crippen LogP contribution in [0.3, 0.4) is 0 Å². The minimum Gasteiger partial charge on any atom is -0.391 e. The van der Waals surface area contributed by atoms with Crippen molar-refractivity contribution < 1.29 is 4.84 Å². The van der Waals surface area contributed by atoms with Crippen molar-refractivity contribution in [1.29, 1.82) is 0 Å². The van der Waals surface area contributed by atoms with Gasteiger partial charge in [0.15, 0.2) is 0 Å². The van der Waals surface area contributed by atoms with Crippen LogP contribution in [0.4, 0.5) is 0 Å². The first-order chi connectivity index (χ1) is 7.88. The number of oxime groups is 1. The highest BCUT2D eigenvalue weighted by molar-refractivity contribution is 5.60. The predicted molar refractivity (Wildman–Crippen MR) is 67.2 cm³/mol. The summed E-state index contributed by atoms with van der Waals surface area (Å²) in [4.78, 5) is 5.26. The summed E-state index contributed by atoms with van der Waals surface area (Å²) in [5, 5.41) is 3.99. The molecule has 0 amide bonds. The SMILES string of the molecule is C=Cc1cccc(CON=CC2CCC2)c1. The number of hydrogen-bond donors (Lipinski definition) is 0. The maximum Gasteiger partial charge on any atom is 0.142 e. The van der Waals surface area contributed by atoms with Crippen molar-refractivity contribution in [2.75, 3.05) is 0 Å². The van der Waals surface area contributed by atoms with Gasteiger partial charge in [-0.1, -0.05) is 42.4 Å². The minimum atomic E-state index is 0.533. The fourth-order valence-electron chi connectivity index (χ4n) is 1.64. The Bertz CT molecular complexity index is 380. The van der Waals surface area contributed by atoms with Crippen LogP contribution in [-0.2, 0) is 11.4 Å². The van der Waals surface area contributed by atoms with E-state index in [0.29, 0.717) is 12.5 Å². The molecule has 1 fully saturated rings. The Balaban J connectivity index is 1.79. The highest BCUT2D eigenvalue weighted by Crippen LogP contribution is 2.24. The average molecular weight is 215 g/mol. The van der Waals surface area contributed by atoms with E-state index in [0.717, 1.165) is 11.1 Å². The summed E-state index contributed by atoms with van der Waals surface area (Å²) >= 11 is 0. The second kappa shape index (κ2) is 5.50. The normalized spacial score (nSPS) is 16.0. The van der Waals surface area contributed by atoms with E-state index in [1.807, 2.05) is 30.5 Å². The predicted octanol–water partition coefficient (Wildman–Crippen LogP) is 3.63. The molecule has 0 radical (unpaired) electrons. The molecule has 1 aliphatic rings. The molecule has 1 aromatic carbocycles. The lowest BCUT2D eigenvalue weighted by atomic mass is 9.87. The molecule has 1 saturated carbocycles. The Morgan fingerprint density at radius 2 is 2.31 bits per heavy atom. The molecule has 0 atom stereocenters. The van der Waals surface area contributed by atoms with E-state index in [9.17, 15) is 0 Å². The van der Waals surface area contributed by atoms with Crippen molar-refractivity contribution in [3.05, 3.63) is 42.0 Å². The zero-order valence-electron chi connectivity index (χ0n) is 9.43. The van der Waals surface area contributed by atoms with E-state index in [4.69, 9.17) is 4.84 Å². The molecular weight excluding hydrogens is 198 g/mol. The van der Waals surface area contributed by atoms with Gasteiger partial charge in [0.25, 0.3) is 0 Å². The molecule has 0 bridgehead atoms. The number of hydrogen-bond acceptors (Lipinski definition) is 2. The van der Waals surface area contributed by atoms with Gasteiger partial charge in [-0.15, -0.1) is 0 Å². The molecule has 16 heavy (non-hydrogen) atoms. The molecule has 0 saturated heterocycles. The zero-order valence-corrected chi connectivity index (χ0v) is 9.43. The summed E-state index contributed by atoms with van der Waals surface area (Å²) in [5.41, 5.74) is 2.24. The van der Waals surface area contributed by atoms with Crippen LogP contribution in [0.15, 0.2) is 36.0 Å². The second-order valence-electron chi connectivity index (χ2n) is 4.17. The third kappa shape index (κ3) is 2.96. The van der Waals surface area contributed by atoms with Gasteiger partial charge in [0, 0.05) is 6.21 Å². The number of nitrogens with zero attached hydrogens (tertiary/aromatic N) is 1. The molecule has 2 heteroatoms. The standard InChI is InChI=1S/C14H17NO/c1-2-12-5-3-8-14(9-12)11-16-15-10-13-6-4-7-13/h2-3,5,8-10,13H,1,4,6-7,11H2. The van der Waals surface area contributed by atoms with Crippen molar-refractivity contribution in [3.8, 4) is 0 Å². The van der Waals surface area contributed by atoms with Crippen LogP contribution in [0.5, 0.6) is 0 Å². The van der Waals surface area contributed by atoms with Crippen molar-refractivity contribution in [3.63, 3.8) is 0 Å². The molecule has 0 spiro atoms. The maximum absolute atomic E-state index is 5.26. The molecule has 84 valence electrons. The Kier molecular flexibility index (Phi) is 3.76. The van der Waals surface area contributed by atoms with E-state index < -0.39 is 0 Å². The Morgan fingerprint density at radius 1 is 1.44 bits per heavy atom. The molecule has 0 heterocycles. The Labute approximate surface area is 96.6 Å². The molecule has 0 unspecified atom stereocenters. The lowest BCUT2D eigenvalue weighted by molar-refractivity contribution is 0.129. The van der Waals surface area contributed by atoms with Crippen molar-refractivity contribution in [1.82, 2.24) is 0 Å². The summed E-state index contributed by atoms with van der Waals surface area (Å²) in [6.07, 6.45) is 7.62. The van der Waals surface area contributed by atoms with Crippen LogP contribution in [0.1, 0.15) is 30.4 Å². The first-order valence-corrected chi connectivity index (χ1v) is 5.75. The van der Waals surface area contributed by atoms with Gasteiger partial charge in [0.1, 0.15) is 6.61 Å². The Morgan fingerprint density at radius 3 is 3.00 bits per heavy atom. The monoisotopic (exact) mass is 215 g/mol. The van der Waals surface area contributed by atoms with Crippen LogP contribution in [0.25, 0.3) is 6.08 Å². The smallest absolute Gasteiger partial charge is 0.142 e. The molecule has 1 aliphatic carbocycles. The van der Waals surface area contributed by atoms with Gasteiger partial charge < -0.3 is 4.84 Å². The first-order valence-electron chi connectivity index (χ1n) is 5.75. The van der Waals surface area contributed by atoms with Crippen molar-refractivity contribution in [2.45, 2.75) is 25.9 Å². The highest BCUT2D eigenvalue weighted by atomic mass is 16.6. The summed E-state index contributed by atoms with van der Waals surface area (Å²) in [6.45, 7) is 4.27. The summed E-state index contributed by atoms with van der Waals surface area (Å²) in [6, 6.07) is 8.12. The lowest BCUT2D eigenvalue weighted by Crippen LogP contribution is -2.11. The van der Waals surface area contributed by atoms with Gasteiger partial charge in [-0.25, -0.2) is 0 Å². The number of rotatable bonds is 5. The third-order valence-electron chi connectivity index (χ3n) is 2.91. The van der Waals surface area contributed by atoms with Gasteiger partial charge in [0.05, 0.1) is 0 Å². The van der Waals surface area contributed by atoms with E-state index in [2.05, 4.69) is 17.8 Å².